The number of hydrogen-bond acceptors (Lipinski definition) is 2. The van der Waals surface area contributed by atoms with E-state index in [1.54, 1.807) is 18.2 Å². The Hall–Kier alpha value is -2.68. The maximum Gasteiger partial charge on any atom is 0.336 e. The highest BCUT2D eigenvalue weighted by atomic mass is 16.4. The molecule has 0 aliphatic rings. The predicted octanol–water partition coefficient (Wildman–Crippen LogP) is 3.59. The lowest BCUT2D eigenvalue weighted by Gasteiger charge is -2.01. The van der Waals surface area contributed by atoms with Gasteiger partial charge < -0.3 is 5.11 Å². The zero-order valence-corrected chi connectivity index (χ0v) is 11.0. The fourth-order valence-corrected chi connectivity index (χ4v) is 1.82. The SMILES string of the molecule is Cc1ccc(/C=C/C(=O)c2ccccc2C(=O)O)cc1. The Kier molecular flexibility index (Phi) is 4.11. The van der Waals surface area contributed by atoms with Crippen LogP contribution in [-0.4, -0.2) is 16.9 Å². The number of rotatable bonds is 4. The molecular weight excluding hydrogens is 252 g/mol. The number of carbonyl (C=O) groups is 2. The van der Waals surface area contributed by atoms with Crippen molar-refractivity contribution >= 4 is 17.8 Å². The molecule has 3 heteroatoms. The molecule has 3 nitrogen and oxygen atoms in total. The molecule has 0 bridgehead atoms. The minimum atomic E-state index is -1.10. The summed E-state index contributed by atoms with van der Waals surface area (Å²) in [5, 5.41) is 9.05. The largest absolute Gasteiger partial charge is 0.478 e. The van der Waals surface area contributed by atoms with Crippen molar-refractivity contribution in [2.75, 3.05) is 0 Å². The van der Waals surface area contributed by atoms with E-state index in [1.807, 2.05) is 31.2 Å². The number of carboxylic acids is 1. The number of ketones is 1. The molecule has 0 heterocycles. The number of aromatic carboxylic acids is 1. The normalized spacial score (nSPS) is 10.7. The summed E-state index contributed by atoms with van der Waals surface area (Å²) in [7, 11) is 0. The second-order valence-corrected chi connectivity index (χ2v) is 4.46. The lowest BCUT2D eigenvalue weighted by atomic mass is 10.0. The molecule has 0 atom stereocenters. The summed E-state index contributed by atoms with van der Waals surface area (Å²) in [6.45, 7) is 1.99. The maximum absolute atomic E-state index is 12.1. The molecule has 0 aliphatic heterocycles. The van der Waals surface area contributed by atoms with Crippen LogP contribution in [0, 0.1) is 6.92 Å². The van der Waals surface area contributed by atoms with Gasteiger partial charge in [-0.3, -0.25) is 4.79 Å². The van der Waals surface area contributed by atoms with Gasteiger partial charge in [-0.05, 0) is 24.6 Å². The minimum absolute atomic E-state index is 0.0195. The van der Waals surface area contributed by atoms with Gasteiger partial charge in [-0.15, -0.1) is 0 Å². The Balaban J connectivity index is 2.24. The molecule has 0 aliphatic carbocycles. The van der Waals surface area contributed by atoms with Gasteiger partial charge in [-0.2, -0.15) is 0 Å². The topological polar surface area (TPSA) is 54.4 Å². The first-order chi connectivity index (χ1) is 9.58. The first-order valence-corrected chi connectivity index (χ1v) is 6.19. The van der Waals surface area contributed by atoms with Gasteiger partial charge in [0.15, 0.2) is 5.78 Å². The van der Waals surface area contributed by atoms with Crippen LogP contribution in [0.15, 0.2) is 54.6 Å². The molecule has 20 heavy (non-hydrogen) atoms. The van der Waals surface area contributed by atoms with E-state index in [4.69, 9.17) is 5.11 Å². The second kappa shape index (κ2) is 5.97. The molecule has 2 rings (SSSR count). The first-order valence-electron chi connectivity index (χ1n) is 6.19. The van der Waals surface area contributed by atoms with Crippen molar-refractivity contribution in [3.05, 3.63) is 76.9 Å². The summed E-state index contributed by atoms with van der Waals surface area (Å²) in [5.74, 6) is -1.42. The lowest BCUT2D eigenvalue weighted by molar-refractivity contribution is 0.0693. The summed E-state index contributed by atoms with van der Waals surface area (Å²) in [6, 6.07) is 13.9. The Morgan fingerprint density at radius 3 is 2.15 bits per heavy atom. The Labute approximate surface area is 117 Å². The molecule has 0 aromatic heterocycles. The smallest absolute Gasteiger partial charge is 0.336 e. The summed E-state index contributed by atoms with van der Waals surface area (Å²) in [4.78, 5) is 23.1. The first kappa shape index (κ1) is 13.7. The molecule has 0 saturated carbocycles. The number of allylic oxidation sites excluding steroid dienone is 1. The van der Waals surface area contributed by atoms with E-state index >= 15 is 0 Å². The Bertz CT molecular complexity index is 667. The predicted molar refractivity (Wildman–Crippen MR) is 77.9 cm³/mol. The Morgan fingerprint density at radius 2 is 1.55 bits per heavy atom. The molecule has 0 unspecified atom stereocenters. The van der Waals surface area contributed by atoms with Crippen LogP contribution in [0.4, 0.5) is 0 Å². The standard InChI is InChI=1S/C17H14O3/c1-12-6-8-13(9-7-12)10-11-16(18)14-4-2-3-5-15(14)17(19)20/h2-11H,1H3,(H,19,20)/b11-10+. The van der Waals surface area contributed by atoms with Crippen molar-refractivity contribution in [2.24, 2.45) is 0 Å². The highest BCUT2D eigenvalue weighted by Crippen LogP contribution is 2.12. The number of hydrogen-bond donors (Lipinski definition) is 1. The lowest BCUT2D eigenvalue weighted by Crippen LogP contribution is -2.06. The van der Waals surface area contributed by atoms with Crippen molar-refractivity contribution in [3.63, 3.8) is 0 Å². The van der Waals surface area contributed by atoms with Crippen LogP contribution in [0.5, 0.6) is 0 Å². The van der Waals surface area contributed by atoms with Gasteiger partial charge in [0, 0.05) is 5.56 Å². The molecule has 0 amide bonds. The fourth-order valence-electron chi connectivity index (χ4n) is 1.82. The van der Waals surface area contributed by atoms with Gasteiger partial charge in [0.1, 0.15) is 0 Å². The van der Waals surface area contributed by atoms with Crippen LogP contribution in [-0.2, 0) is 0 Å². The average Bonchev–Trinajstić information content (AvgIpc) is 2.46. The van der Waals surface area contributed by atoms with E-state index in [-0.39, 0.29) is 16.9 Å². The molecule has 0 radical (unpaired) electrons. The summed E-state index contributed by atoms with van der Waals surface area (Å²) >= 11 is 0. The van der Waals surface area contributed by atoms with E-state index in [9.17, 15) is 9.59 Å². The van der Waals surface area contributed by atoms with Gasteiger partial charge in [0.2, 0.25) is 0 Å². The Morgan fingerprint density at radius 1 is 0.950 bits per heavy atom. The van der Waals surface area contributed by atoms with E-state index in [1.165, 1.54) is 18.2 Å². The summed E-state index contributed by atoms with van der Waals surface area (Å²) in [5.41, 5.74) is 2.26. The zero-order chi connectivity index (χ0) is 14.5. The third-order valence-corrected chi connectivity index (χ3v) is 2.93. The molecule has 0 spiro atoms. The van der Waals surface area contributed by atoms with Crippen LogP contribution < -0.4 is 0 Å². The van der Waals surface area contributed by atoms with Crippen molar-refractivity contribution < 1.29 is 14.7 Å². The third-order valence-electron chi connectivity index (χ3n) is 2.93. The number of aryl methyl sites for hydroxylation is 1. The third kappa shape index (κ3) is 3.20. The minimum Gasteiger partial charge on any atom is -0.478 e. The second-order valence-electron chi connectivity index (χ2n) is 4.46. The van der Waals surface area contributed by atoms with E-state index in [0.717, 1.165) is 11.1 Å². The molecule has 100 valence electrons. The van der Waals surface area contributed by atoms with Crippen LogP contribution >= 0.6 is 0 Å². The number of benzene rings is 2. The van der Waals surface area contributed by atoms with Gasteiger partial charge in [-0.1, -0.05) is 54.1 Å². The van der Waals surface area contributed by atoms with Crippen LogP contribution in [0.3, 0.4) is 0 Å². The molecule has 1 N–H and O–H groups in total. The van der Waals surface area contributed by atoms with Crippen LogP contribution in [0.1, 0.15) is 31.8 Å². The zero-order valence-electron chi connectivity index (χ0n) is 11.0. The quantitative estimate of drug-likeness (QED) is 0.679. The molecular formula is C17H14O3. The molecule has 2 aromatic rings. The highest BCUT2D eigenvalue weighted by molar-refractivity contribution is 6.12. The van der Waals surface area contributed by atoms with Crippen LogP contribution in [0.25, 0.3) is 6.08 Å². The van der Waals surface area contributed by atoms with Crippen molar-refractivity contribution in [1.29, 1.82) is 0 Å². The summed E-state index contributed by atoms with van der Waals surface area (Å²) < 4.78 is 0. The monoisotopic (exact) mass is 266 g/mol. The van der Waals surface area contributed by atoms with E-state index in [2.05, 4.69) is 0 Å². The van der Waals surface area contributed by atoms with Crippen molar-refractivity contribution in [1.82, 2.24) is 0 Å². The van der Waals surface area contributed by atoms with E-state index in [0.29, 0.717) is 0 Å². The van der Waals surface area contributed by atoms with Gasteiger partial charge in [0.05, 0.1) is 5.56 Å². The van der Waals surface area contributed by atoms with Crippen molar-refractivity contribution in [2.45, 2.75) is 6.92 Å². The highest BCUT2D eigenvalue weighted by Gasteiger charge is 2.13. The van der Waals surface area contributed by atoms with E-state index < -0.39 is 5.97 Å². The van der Waals surface area contributed by atoms with Crippen molar-refractivity contribution in [3.8, 4) is 0 Å². The molecule has 0 saturated heterocycles. The number of carbonyl (C=O) groups excluding carboxylic acids is 1. The molecule has 0 fully saturated rings. The molecule has 2 aromatic carbocycles. The summed E-state index contributed by atoms with van der Waals surface area (Å²) in [6.07, 6.45) is 3.08. The van der Waals surface area contributed by atoms with Gasteiger partial charge in [0.25, 0.3) is 0 Å². The maximum atomic E-state index is 12.1. The average molecular weight is 266 g/mol. The number of carboxylic acid groups (broad SMARTS) is 1. The van der Waals surface area contributed by atoms with Crippen LogP contribution in [0.2, 0.25) is 0 Å². The van der Waals surface area contributed by atoms with Gasteiger partial charge in [-0.25, -0.2) is 4.79 Å². The van der Waals surface area contributed by atoms with Gasteiger partial charge >= 0.3 is 5.97 Å². The fraction of sp³-hybridized carbons (Fsp3) is 0.0588.